The number of benzene rings is 8. The lowest BCUT2D eigenvalue weighted by Gasteiger charge is -2.17. The molecular weight excluding hydrogens is 717 g/mol. The number of hydrogen-bond donors (Lipinski definition) is 0. The highest BCUT2D eigenvalue weighted by molar-refractivity contribution is 7.26. The zero-order chi connectivity index (χ0) is 42.7. The van der Waals surface area contributed by atoms with Gasteiger partial charge in [-0.15, -0.1) is 11.3 Å². The summed E-state index contributed by atoms with van der Waals surface area (Å²) >= 11 is 1.21. The third-order valence-corrected chi connectivity index (χ3v) is 11.8. The Balaban J connectivity index is 1.19. The minimum Gasteiger partial charge on any atom is -0.455 e. The SMILES string of the molecule is [2H]c1cc([2H])c2sc3c(-c4cc(-c5nc(-c6ccccc6)nc(-c6cccc7c6oc6ccccc67)n5)ccc4-n4c5ccccc5c5ccccc54)c([2H])c([2H])c([2H])c3c2c1[2H]. The van der Waals surface area contributed by atoms with Crippen molar-refractivity contribution in [2.75, 3.05) is 0 Å². The van der Waals surface area contributed by atoms with Gasteiger partial charge in [0.1, 0.15) is 11.2 Å². The molecule has 0 radical (unpaired) electrons. The largest absolute Gasteiger partial charge is 0.455 e. The number of thiophene rings is 1. The summed E-state index contributed by atoms with van der Waals surface area (Å²) in [5.74, 6) is 1.23. The first-order valence-corrected chi connectivity index (χ1v) is 19.3. The van der Waals surface area contributed by atoms with E-state index in [1.54, 1.807) is 0 Å². The normalized spacial score (nSPS) is 13.3. The molecular formula is C51H30N4OS. The van der Waals surface area contributed by atoms with Crippen molar-refractivity contribution in [1.29, 1.82) is 0 Å². The zero-order valence-electron chi connectivity index (χ0n) is 36.0. The van der Waals surface area contributed by atoms with Gasteiger partial charge in [0.05, 0.1) is 30.5 Å². The molecule has 5 nitrogen and oxygen atoms in total. The molecule has 266 valence electrons. The quantitative estimate of drug-likeness (QED) is 0.176. The summed E-state index contributed by atoms with van der Waals surface area (Å²) < 4.78 is 63.8. The second kappa shape index (κ2) is 12.6. The average Bonchev–Trinajstić information content (AvgIpc) is 4.01. The van der Waals surface area contributed by atoms with E-state index in [1.165, 1.54) is 17.4 Å². The van der Waals surface area contributed by atoms with Crippen LogP contribution < -0.4 is 0 Å². The Hall–Kier alpha value is -7.41. The van der Waals surface area contributed by atoms with Gasteiger partial charge in [0.25, 0.3) is 0 Å². The molecule has 0 N–H and O–H groups in total. The number of para-hydroxylation sites is 4. The molecule has 0 atom stereocenters. The molecule has 0 spiro atoms. The third kappa shape index (κ3) is 4.98. The molecule has 12 aromatic rings. The Morgan fingerprint density at radius 1 is 0.474 bits per heavy atom. The van der Waals surface area contributed by atoms with E-state index in [2.05, 4.69) is 28.8 Å². The molecule has 0 saturated carbocycles. The van der Waals surface area contributed by atoms with Crippen molar-refractivity contribution >= 4 is 75.3 Å². The van der Waals surface area contributed by atoms with Gasteiger partial charge in [-0.3, -0.25) is 0 Å². The van der Waals surface area contributed by atoms with Crippen LogP contribution in [0.25, 0.3) is 115 Å². The van der Waals surface area contributed by atoms with Crippen LogP contribution in [-0.4, -0.2) is 19.5 Å². The van der Waals surface area contributed by atoms with Gasteiger partial charge in [0, 0.05) is 64.0 Å². The fraction of sp³-hybridized carbons (Fsp3) is 0. The zero-order valence-corrected chi connectivity index (χ0v) is 30.8. The Morgan fingerprint density at radius 2 is 1.16 bits per heavy atom. The molecule has 4 heterocycles. The van der Waals surface area contributed by atoms with E-state index >= 15 is 0 Å². The van der Waals surface area contributed by atoms with Gasteiger partial charge in [-0.05, 0) is 48.5 Å². The maximum atomic E-state index is 9.62. The van der Waals surface area contributed by atoms with E-state index in [0.29, 0.717) is 60.4 Å². The molecule has 0 saturated heterocycles. The van der Waals surface area contributed by atoms with E-state index in [0.717, 1.165) is 43.7 Å². The Morgan fingerprint density at radius 3 is 1.98 bits per heavy atom. The van der Waals surface area contributed by atoms with E-state index in [4.69, 9.17) is 24.9 Å². The van der Waals surface area contributed by atoms with Gasteiger partial charge >= 0.3 is 0 Å². The number of nitrogens with zero attached hydrogens (tertiary/aromatic N) is 4. The Bertz CT molecular complexity index is 3840. The number of fused-ring (bicyclic) bond motifs is 9. The highest BCUT2D eigenvalue weighted by Gasteiger charge is 2.22. The molecule has 57 heavy (non-hydrogen) atoms. The van der Waals surface area contributed by atoms with Gasteiger partial charge in [-0.1, -0.05) is 133 Å². The van der Waals surface area contributed by atoms with Crippen LogP contribution in [0.2, 0.25) is 0 Å². The minimum absolute atomic E-state index is 0.0533. The lowest BCUT2D eigenvalue weighted by molar-refractivity contribution is 0.669. The summed E-state index contributed by atoms with van der Waals surface area (Å²) in [6.07, 6.45) is 0. The van der Waals surface area contributed by atoms with Crippen LogP contribution >= 0.6 is 11.3 Å². The summed E-state index contributed by atoms with van der Waals surface area (Å²) in [7, 11) is 0. The third-order valence-electron chi connectivity index (χ3n) is 10.6. The van der Waals surface area contributed by atoms with Crippen molar-refractivity contribution in [3.8, 4) is 51.0 Å². The van der Waals surface area contributed by atoms with Crippen LogP contribution in [-0.2, 0) is 0 Å². The van der Waals surface area contributed by atoms with Gasteiger partial charge in [0.2, 0.25) is 0 Å². The lowest BCUT2D eigenvalue weighted by Crippen LogP contribution is -2.02. The van der Waals surface area contributed by atoms with Crippen LogP contribution in [0, 0.1) is 0 Å². The molecule has 0 aliphatic rings. The standard InChI is InChI=1S/C51H30N4OS/c1-2-14-31(15-3-1)49-52-50(54-51(53-49)40-23-12-20-37-35-18-6-10-26-45(35)56-47(37)40)32-28-29-44(55-42-24-8-4-16-33(42)34-17-5-9-25-43(34)55)41(30-32)39-22-13-21-38-36-19-7-11-27-46(36)57-48(38)39/h1-30H/i7D,13D,19D,21D,22D,27D. The smallest absolute Gasteiger partial charge is 0.167 e. The Kier molecular flexibility index (Phi) is 5.82. The van der Waals surface area contributed by atoms with Crippen LogP contribution in [0.4, 0.5) is 0 Å². The fourth-order valence-electron chi connectivity index (χ4n) is 8.08. The molecule has 0 fully saturated rings. The molecule has 0 unspecified atom stereocenters. The number of furan rings is 1. The molecule has 0 amide bonds. The van der Waals surface area contributed by atoms with Gasteiger partial charge < -0.3 is 8.98 Å². The number of aromatic nitrogens is 4. The van der Waals surface area contributed by atoms with Crippen LogP contribution in [0.1, 0.15) is 8.22 Å². The van der Waals surface area contributed by atoms with Crippen molar-refractivity contribution < 1.29 is 12.6 Å². The van der Waals surface area contributed by atoms with Gasteiger partial charge in [-0.2, -0.15) is 0 Å². The second-order valence-corrected chi connectivity index (χ2v) is 14.9. The Labute approximate surface area is 339 Å². The minimum atomic E-state index is -0.315. The monoisotopic (exact) mass is 752 g/mol. The first-order valence-electron chi connectivity index (χ1n) is 21.5. The molecule has 8 aromatic carbocycles. The van der Waals surface area contributed by atoms with Gasteiger partial charge in [-0.25, -0.2) is 15.0 Å². The van der Waals surface area contributed by atoms with Crippen molar-refractivity contribution in [2.24, 2.45) is 0 Å². The molecule has 4 aromatic heterocycles. The lowest BCUT2D eigenvalue weighted by atomic mass is 9.98. The topological polar surface area (TPSA) is 56.7 Å². The van der Waals surface area contributed by atoms with Crippen molar-refractivity contribution in [1.82, 2.24) is 19.5 Å². The predicted molar refractivity (Wildman–Crippen MR) is 236 cm³/mol. The van der Waals surface area contributed by atoms with Crippen LogP contribution in [0.3, 0.4) is 0 Å². The average molecular weight is 753 g/mol. The van der Waals surface area contributed by atoms with E-state index in [1.807, 2.05) is 115 Å². The molecule has 12 rings (SSSR count). The van der Waals surface area contributed by atoms with Crippen molar-refractivity contribution in [3.05, 3.63) is 182 Å². The molecule has 0 aliphatic carbocycles. The van der Waals surface area contributed by atoms with E-state index in [9.17, 15) is 2.74 Å². The van der Waals surface area contributed by atoms with Crippen molar-refractivity contribution in [3.63, 3.8) is 0 Å². The highest BCUT2D eigenvalue weighted by atomic mass is 32.1. The molecule has 6 heteroatoms. The van der Waals surface area contributed by atoms with E-state index in [-0.39, 0.29) is 47.0 Å². The summed E-state index contributed by atoms with van der Waals surface area (Å²) in [6, 6.07) is 46.2. The molecule has 0 aliphatic heterocycles. The number of hydrogen-bond acceptors (Lipinski definition) is 5. The first-order chi connectivity index (χ1) is 30.7. The van der Waals surface area contributed by atoms with Crippen molar-refractivity contribution in [2.45, 2.75) is 0 Å². The summed E-state index contributed by atoms with van der Waals surface area (Å²) in [6.45, 7) is 0. The predicted octanol–water partition coefficient (Wildman–Crippen LogP) is 13.9. The van der Waals surface area contributed by atoms with E-state index < -0.39 is 0 Å². The summed E-state index contributed by atoms with van der Waals surface area (Å²) in [5, 5.41) is 4.56. The maximum Gasteiger partial charge on any atom is 0.167 e. The van der Waals surface area contributed by atoms with Crippen LogP contribution in [0.5, 0.6) is 0 Å². The summed E-state index contributed by atoms with van der Waals surface area (Å²) in [4.78, 5) is 15.3. The highest BCUT2D eigenvalue weighted by Crippen LogP contribution is 2.44. The summed E-state index contributed by atoms with van der Waals surface area (Å²) in [5.41, 5.74) is 7.03. The maximum absolute atomic E-state index is 9.62. The first kappa shape index (κ1) is 26.4. The number of rotatable bonds is 5. The fourth-order valence-corrected chi connectivity index (χ4v) is 9.17. The van der Waals surface area contributed by atoms with Crippen LogP contribution in [0.15, 0.2) is 186 Å². The molecule has 0 bridgehead atoms. The van der Waals surface area contributed by atoms with Gasteiger partial charge in [0.15, 0.2) is 17.5 Å². The second-order valence-electron chi connectivity index (χ2n) is 13.9.